The minimum atomic E-state index is -1.12. The van der Waals surface area contributed by atoms with Crippen LogP contribution in [0.5, 0.6) is 0 Å². The van der Waals surface area contributed by atoms with Crippen LogP contribution in [0.2, 0.25) is 0 Å². The number of aromatic amines is 1. The van der Waals surface area contributed by atoms with E-state index in [0.29, 0.717) is 5.52 Å². The lowest BCUT2D eigenvalue weighted by Crippen LogP contribution is -1.96. The first-order valence-electron chi connectivity index (χ1n) is 5.73. The van der Waals surface area contributed by atoms with Crippen molar-refractivity contribution in [1.29, 1.82) is 0 Å². The Labute approximate surface area is 111 Å². The van der Waals surface area contributed by atoms with Gasteiger partial charge >= 0.3 is 5.97 Å². The number of halogens is 2. The molecule has 3 rings (SSSR count). The third-order valence-electron chi connectivity index (χ3n) is 2.93. The maximum Gasteiger partial charge on any atom is 0.337 e. The average Bonchev–Trinajstić information content (AvgIpc) is 2.81. The lowest BCUT2D eigenvalue weighted by molar-refractivity contribution is 0.0699. The molecule has 1 heterocycles. The number of carboxylic acid groups (broad SMARTS) is 1. The number of aromatic carboxylic acids is 1. The van der Waals surface area contributed by atoms with Crippen LogP contribution in [0.1, 0.15) is 10.4 Å². The number of nitrogens with zero attached hydrogens (tertiary/aromatic N) is 1. The summed E-state index contributed by atoms with van der Waals surface area (Å²) < 4.78 is 26.6. The van der Waals surface area contributed by atoms with Crippen LogP contribution in [0.15, 0.2) is 36.4 Å². The number of carbonyl (C=O) groups is 1. The summed E-state index contributed by atoms with van der Waals surface area (Å²) in [5.74, 6) is -2.41. The number of benzene rings is 2. The number of hydrogen-bond acceptors (Lipinski definition) is 2. The largest absolute Gasteiger partial charge is 0.478 e. The molecule has 0 spiro atoms. The molecule has 1 aromatic heterocycles. The van der Waals surface area contributed by atoms with Gasteiger partial charge in [0.25, 0.3) is 0 Å². The Balaban J connectivity index is 2.23. The first-order valence-corrected chi connectivity index (χ1v) is 5.73. The molecule has 0 radical (unpaired) electrons. The highest BCUT2D eigenvalue weighted by Crippen LogP contribution is 2.25. The van der Waals surface area contributed by atoms with Gasteiger partial charge in [0.1, 0.15) is 23.0 Å². The van der Waals surface area contributed by atoms with Gasteiger partial charge in [-0.2, -0.15) is 0 Å². The van der Waals surface area contributed by atoms with Crippen LogP contribution in [0.3, 0.4) is 0 Å². The number of carboxylic acids is 1. The fourth-order valence-corrected chi connectivity index (χ4v) is 2.01. The van der Waals surface area contributed by atoms with Crippen LogP contribution in [0, 0.1) is 11.6 Å². The lowest BCUT2D eigenvalue weighted by Gasteiger charge is -1.98. The number of nitrogens with one attached hydrogen (secondary N) is 1. The molecule has 0 fully saturated rings. The van der Waals surface area contributed by atoms with Gasteiger partial charge in [-0.15, -0.1) is 0 Å². The molecule has 0 saturated heterocycles. The second-order valence-electron chi connectivity index (χ2n) is 4.22. The fraction of sp³-hybridized carbons (Fsp3) is 0. The SMILES string of the molecule is O=C(O)c1cccc2[nH]c(-c3ccc(F)cc3F)nc12. The molecule has 0 atom stereocenters. The summed E-state index contributed by atoms with van der Waals surface area (Å²) in [6.07, 6.45) is 0. The zero-order valence-electron chi connectivity index (χ0n) is 10.0. The van der Waals surface area contributed by atoms with E-state index < -0.39 is 17.6 Å². The molecule has 0 amide bonds. The minimum absolute atomic E-state index is 0.0209. The van der Waals surface area contributed by atoms with E-state index in [1.54, 1.807) is 12.1 Å². The van der Waals surface area contributed by atoms with Gasteiger partial charge in [0, 0.05) is 6.07 Å². The lowest BCUT2D eigenvalue weighted by atomic mass is 10.2. The molecule has 2 N–H and O–H groups in total. The third kappa shape index (κ3) is 1.91. The van der Waals surface area contributed by atoms with Crippen LogP contribution in [-0.4, -0.2) is 21.0 Å². The van der Waals surface area contributed by atoms with Crippen molar-refractivity contribution in [2.45, 2.75) is 0 Å². The Morgan fingerprint density at radius 3 is 2.70 bits per heavy atom. The smallest absolute Gasteiger partial charge is 0.337 e. The van der Waals surface area contributed by atoms with E-state index >= 15 is 0 Å². The van der Waals surface area contributed by atoms with Crippen LogP contribution >= 0.6 is 0 Å². The van der Waals surface area contributed by atoms with Gasteiger partial charge < -0.3 is 10.1 Å². The van der Waals surface area contributed by atoms with E-state index in [2.05, 4.69) is 9.97 Å². The fourth-order valence-electron chi connectivity index (χ4n) is 2.01. The van der Waals surface area contributed by atoms with Crippen molar-refractivity contribution < 1.29 is 18.7 Å². The third-order valence-corrected chi connectivity index (χ3v) is 2.93. The van der Waals surface area contributed by atoms with Crippen molar-refractivity contribution in [2.24, 2.45) is 0 Å². The van der Waals surface area contributed by atoms with Crippen LogP contribution in [0.25, 0.3) is 22.4 Å². The molecular formula is C14H8F2N2O2. The number of H-pyrrole nitrogens is 1. The van der Waals surface area contributed by atoms with Crippen molar-refractivity contribution in [2.75, 3.05) is 0 Å². The number of rotatable bonds is 2. The van der Waals surface area contributed by atoms with Gasteiger partial charge in [0.15, 0.2) is 0 Å². The molecule has 100 valence electrons. The van der Waals surface area contributed by atoms with Gasteiger partial charge in [-0.25, -0.2) is 18.6 Å². The Bertz CT molecular complexity index is 827. The second kappa shape index (κ2) is 4.41. The molecule has 20 heavy (non-hydrogen) atoms. The molecule has 0 aliphatic rings. The number of hydrogen-bond donors (Lipinski definition) is 2. The Kier molecular flexibility index (Phi) is 2.71. The number of imidazole rings is 1. The highest BCUT2D eigenvalue weighted by atomic mass is 19.1. The maximum atomic E-state index is 13.7. The van der Waals surface area contributed by atoms with Crippen molar-refractivity contribution in [3.8, 4) is 11.4 Å². The van der Waals surface area contributed by atoms with Gasteiger partial charge in [-0.3, -0.25) is 0 Å². The first-order chi connectivity index (χ1) is 9.56. The molecule has 0 saturated carbocycles. The quantitative estimate of drug-likeness (QED) is 0.754. The van der Waals surface area contributed by atoms with E-state index in [9.17, 15) is 13.6 Å². The van der Waals surface area contributed by atoms with E-state index in [-0.39, 0.29) is 22.5 Å². The molecule has 0 aliphatic heterocycles. The Morgan fingerprint density at radius 1 is 1.20 bits per heavy atom. The molecule has 3 aromatic rings. The highest BCUT2D eigenvalue weighted by Gasteiger charge is 2.15. The first kappa shape index (κ1) is 12.3. The molecule has 0 aliphatic carbocycles. The van der Waals surface area contributed by atoms with Gasteiger partial charge in [0.2, 0.25) is 0 Å². The predicted molar refractivity (Wildman–Crippen MR) is 68.4 cm³/mol. The number of fused-ring (bicyclic) bond motifs is 1. The average molecular weight is 274 g/mol. The van der Waals surface area contributed by atoms with Crippen molar-refractivity contribution in [3.63, 3.8) is 0 Å². The summed E-state index contributed by atoms with van der Waals surface area (Å²) in [5.41, 5.74) is 0.814. The minimum Gasteiger partial charge on any atom is -0.478 e. The maximum absolute atomic E-state index is 13.7. The monoisotopic (exact) mass is 274 g/mol. The zero-order chi connectivity index (χ0) is 14.3. The molecule has 2 aromatic carbocycles. The Hall–Kier alpha value is -2.76. The van der Waals surface area contributed by atoms with E-state index in [1.807, 2.05) is 0 Å². The van der Waals surface area contributed by atoms with Crippen molar-refractivity contribution in [1.82, 2.24) is 9.97 Å². The van der Waals surface area contributed by atoms with E-state index in [4.69, 9.17) is 5.11 Å². The summed E-state index contributed by atoms with van der Waals surface area (Å²) in [5, 5.41) is 9.08. The molecular weight excluding hydrogens is 266 g/mol. The second-order valence-corrected chi connectivity index (χ2v) is 4.22. The molecule has 6 heteroatoms. The van der Waals surface area contributed by atoms with Gasteiger partial charge in [-0.05, 0) is 24.3 Å². The van der Waals surface area contributed by atoms with Crippen LogP contribution in [0.4, 0.5) is 8.78 Å². The molecule has 0 unspecified atom stereocenters. The standard InChI is InChI=1S/C14H8F2N2O2/c15-7-4-5-8(10(16)6-7)13-17-11-3-1-2-9(14(19)20)12(11)18-13/h1-6H,(H,17,18)(H,19,20). The number of aromatic nitrogens is 2. The van der Waals surface area contributed by atoms with Crippen LogP contribution in [-0.2, 0) is 0 Å². The summed E-state index contributed by atoms with van der Waals surface area (Å²) in [7, 11) is 0. The van der Waals surface area contributed by atoms with E-state index in [1.165, 1.54) is 12.1 Å². The van der Waals surface area contributed by atoms with E-state index in [0.717, 1.165) is 12.1 Å². The number of para-hydroxylation sites is 1. The highest BCUT2D eigenvalue weighted by molar-refractivity contribution is 6.01. The van der Waals surface area contributed by atoms with Crippen molar-refractivity contribution in [3.05, 3.63) is 53.6 Å². The Morgan fingerprint density at radius 2 is 2.00 bits per heavy atom. The predicted octanol–water partition coefficient (Wildman–Crippen LogP) is 3.21. The molecule has 4 nitrogen and oxygen atoms in total. The van der Waals surface area contributed by atoms with Crippen LogP contribution < -0.4 is 0 Å². The normalized spacial score (nSPS) is 10.9. The summed E-state index contributed by atoms with van der Waals surface area (Å²) in [6.45, 7) is 0. The van der Waals surface area contributed by atoms with Gasteiger partial charge in [-0.1, -0.05) is 6.07 Å². The summed E-state index contributed by atoms with van der Waals surface area (Å²) in [6, 6.07) is 7.73. The zero-order valence-corrected chi connectivity index (χ0v) is 10.0. The summed E-state index contributed by atoms with van der Waals surface area (Å²) in [4.78, 5) is 18.0. The molecule has 0 bridgehead atoms. The summed E-state index contributed by atoms with van der Waals surface area (Å²) >= 11 is 0. The van der Waals surface area contributed by atoms with Gasteiger partial charge in [0.05, 0.1) is 16.6 Å². The van der Waals surface area contributed by atoms with Crippen molar-refractivity contribution >= 4 is 17.0 Å². The topological polar surface area (TPSA) is 66.0 Å².